The molecule has 0 amide bonds. The molecule has 4 N–H and O–H groups in total. The van der Waals surface area contributed by atoms with Crippen LogP contribution in [0.5, 0.6) is 0 Å². The van der Waals surface area contributed by atoms with Crippen molar-refractivity contribution in [2.75, 3.05) is 6.54 Å². The minimum absolute atomic E-state index is 0.219. The van der Waals surface area contributed by atoms with Crippen molar-refractivity contribution in [2.45, 2.75) is 25.4 Å². The van der Waals surface area contributed by atoms with Gasteiger partial charge in [-0.1, -0.05) is 6.42 Å². The quantitative estimate of drug-likeness (QED) is 0.360. The van der Waals surface area contributed by atoms with Crippen molar-refractivity contribution in [3.63, 3.8) is 0 Å². The fraction of sp³-hybridized carbons (Fsp3) is 1.00. The summed E-state index contributed by atoms with van der Waals surface area (Å²) in [6, 6.07) is 0. The lowest BCUT2D eigenvalue weighted by molar-refractivity contribution is 0.0626. The Morgan fingerprint density at radius 3 is 2.67 bits per heavy atom. The van der Waals surface area contributed by atoms with Crippen LogP contribution in [0.1, 0.15) is 19.3 Å². The van der Waals surface area contributed by atoms with Crippen molar-refractivity contribution in [3.05, 3.63) is 0 Å². The average molecular weight is 130 g/mol. The van der Waals surface area contributed by atoms with Gasteiger partial charge in [0.25, 0.3) is 0 Å². The molecule has 0 aliphatic heterocycles. The molecule has 1 atom stereocenters. The van der Waals surface area contributed by atoms with Gasteiger partial charge in [0.2, 0.25) is 0 Å². The molecule has 0 aromatic rings. The highest BCUT2D eigenvalue weighted by Gasteiger charge is 2.24. The molecular formula is C6H14N2O. The van der Waals surface area contributed by atoms with E-state index in [1.807, 2.05) is 0 Å². The summed E-state index contributed by atoms with van der Waals surface area (Å²) in [5.74, 6) is 5.55. The van der Waals surface area contributed by atoms with Crippen molar-refractivity contribution < 1.29 is 5.11 Å². The molecule has 1 rings (SSSR count). The van der Waals surface area contributed by atoms with E-state index < -0.39 is 0 Å². The van der Waals surface area contributed by atoms with E-state index in [0.717, 1.165) is 0 Å². The van der Waals surface area contributed by atoms with Crippen LogP contribution in [0.4, 0.5) is 0 Å². The van der Waals surface area contributed by atoms with Crippen molar-refractivity contribution in [3.8, 4) is 0 Å². The van der Waals surface area contributed by atoms with Crippen molar-refractivity contribution >= 4 is 0 Å². The number of aliphatic hydroxyl groups is 1. The van der Waals surface area contributed by atoms with Crippen LogP contribution in [0.15, 0.2) is 0 Å². The fourth-order valence-electron chi connectivity index (χ4n) is 1.11. The largest absolute Gasteiger partial charge is 0.391 e. The monoisotopic (exact) mass is 130 g/mol. The standard InChI is InChI=1S/C6H14N2O/c7-8-4-6(9)5-2-1-3-5/h5-6,8-9H,1-4,7H2. The van der Waals surface area contributed by atoms with Crippen molar-refractivity contribution in [1.82, 2.24) is 5.43 Å². The zero-order valence-electron chi connectivity index (χ0n) is 5.51. The summed E-state index contributed by atoms with van der Waals surface area (Å²) in [4.78, 5) is 0. The first-order valence-corrected chi connectivity index (χ1v) is 3.46. The maximum absolute atomic E-state index is 9.23. The van der Waals surface area contributed by atoms with Crippen molar-refractivity contribution in [2.24, 2.45) is 11.8 Å². The number of nitrogens with one attached hydrogen (secondary N) is 1. The highest BCUT2D eigenvalue weighted by atomic mass is 16.3. The zero-order chi connectivity index (χ0) is 6.69. The summed E-state index contributed by atoms with van der Waals surface area (Å²) >= 11 is 0. The lowest BCUT2D eigenvalue weighted by Gasteiger charge is -2.29. The van der Waals surface area contributed by atoms with Crippen LogP contribution in [0.3, 0.4) is 0 Å². The number of hydrogen-bond acceptors (Lipinski definition) is 3. The number of rotatable bonds is 3. The molecule has 0 heterocycles. The lowest BCUT2D eigenvalue weighted by atomic mass is 9.81. The van der Waals surface area contributed by atoms with E-state index >= 15 is 0 Å². The Morgan fingerprint density at radius 2 is 2.33 bits per heavy atom. The summed E-state index contributed by atoms with van der Waals surface area (Å²) < 4.78 is 0. The maximum Gasteiger partial charge on any atom is 0.0706 e. The molecule has 1 aliphatic carbocycles. The molecule has 3 nitrogen and oxygen atoms in total. The smallest absolute Gasteiger partial charge is 0.0706 e. The maximum atomic E-state index is 9.23. The van der Waals surface area contributed by atoms with Crippen LogP contribution >= 0.6 is 0 Å². The molecule has 0 aromatic heterocycles. The van der Waals surface area contributed by atoms with E-state index in [0.29, 0.717) is 12.5 Å². The van der Waals surface area contributed by atoms with E-state index in [9.17, 15) is 5.11 Å². The van der Waals surface area contributed by atoms with Gasteiger partial charge in [-0.2, -0.15) is 0 Å². The highest BCUT2D eigenvalue weighted by Crippen LogP contribution is 2.28. The predicted octanol–water partition coefficient (Wildman–Crippen LogP) is -0.389. The van der Waals surface area contributed by atoms with Gasteiger partial charge in [-0.3, -0.25) is 11.3 Å². The van der Waals surface area contributed by atoms with E-state index in [-0.39, 0.29) is 6.10 Å². The van der Waals surface area contributed by atoms with E-state index in [1.165, 1.54) is 19.3 Å². The van der Waals surface area contributed by atoms with Gasteiger partial charge in [0.1, 0.15) is 0 Å². The number of hydrazine groups is 1. The van der Waals surface area contributed by atoms with Gasteiger partial charge in [0, 0.05) is 6.54 Å². The molecule has 54 valence electrons. The average Bonchev–Trinajstić information content (AvgIpc) is 1.60. The van der Waals surface area contributed by atoms with Gasteiger partial charge in [0.05, 0.1) is 6.10 Å². The van der Waals surface area contributed by atoms with E-state index in [1.54, 1.807) is 0 Å². The number of aliphatic hydroxyl groups excluding tert-OH is 1. The van der Waals surface area contributed by atoms with Crippen LogP contribution in [0, 0.1) is 5.92 Å². The molecule has 1 fully saturated rings. The van der Waals surface area contributed by atoms with E-state index in [2.05, 4.69) is 5.43 Å². The molecule has 1 aliphatic rings. The molecule has 1 unspecified atom stereocenters. The number of hydrogen-bond donors (Lipinski definition) is 3. The topological polar surface area (TPSA) is 58.3 Å². The predicted molar refractivity (Wildman–Crippen MR) is 35.5 cm³/mol. The van der Waals surface area contributed by atoms with Crippen LogP contribution in [0.2, 0.25) is 0 Å². The van der Waals surface area contributed by atoms with Crippen LogP contribution in [-0.4, -0.2) is 17.8 Å². The van der Waals surface area contributed by atoms with Crippen LogP contribution in [-0.2, 0) is 0 Å². The second kappa shape index (κ2) is 3.15. The molecular weight excluding hydrogens is 116 g/mol. The third-order valence-electron chi connectivity index (χ3n) is 2.02. The van der Waals surface area contributed by atoms with Crippen LogP contribution < -0.4 is 11.3 Å². The Kier molecular flexibility index (Phi) is 2.45. The first-order chi connectivity index (χ1) is 4.34. The molecule has 9 heavy (non-hydrogen) atoms. The molecule has 0 radical (unpaired) electrons. The lowest BCUT2D eigenvalue weighted by Crippen LogP contribution is -2.38. The summed E-state index contributed by atoms with van der Waals surface area (Å²) in [5.41, 5.74) is 2.47. The summed E-state index contributed by atoms with van der Waals surface area (Å²) in [5, 5.41) is 9.23. The molecule has 3 heteroatoms. The fourth-order valence-corrected chi connectivity index (χ4v) is 1.11. The SMILES string of the molecule is NNCC(O)C1CCC1. The molecule has 0 saturated heterocycles. The van der Waals surface area contributed by atoms with Gasteiger partial charge in [-0.25, -0.2) is 0 Å². The van der Waals surface area contributed by atoms with Gasteiger partial charge >= 0.3 is 0 Å². The van der Waals surface area contributed by atoms with Gasteiger partial charge < -0.3 is 5.11 Å². The molecule has 0 spiro atoms. The first-order valence-electron chi connectivity index (χ1n) is 3.46. The second-order valence-corrected chi connectivity index (χ2v) is 2.67. The van der Waals surface area contributed by atoms with Crippen molar-refractivity contribution in [1.29, 1.82) is 0 Å². The minimum atomic E-state index is -0.219. The third kappa shape index (κ3) is 1.64. The van der Waals surface area contributed by atoms with Gasteiger partial charge in [0.15, 0.2) is 0 Å². The highest BCUT2D eigenvalue weighted by molar-refractivity contribution is 4.77. The summed E-state index contributed by atoms with van der Waals surface area (Å²) in [7, 11) is 0. The van der Waals surface area contributed by atoms with Gasteiger partial charge in [-0.05, 0) is 18.8 Å². The Hall–Kier alpha value is -0.120. The summed E-state index contributed by atoms with van der Waals surface area (Å²) in [6.45, 7) is 0.532. The Morgan fingerprint density at radius 1 is 1.67 bits per heavy atom. The summed E-state index contributed by atoms with van der Waals surface area (Å²) in [6.07, 6.45) is 3.39. The second-order valence-electron chi connectivity index (χ2n) is 2.67. The normalized spacial score (nSPS) is 23.3. The Bertz CT molecular complexity index is 83.1. The van der Waals surface area contributed by atoms with Gasteiger partial charge in [-0.15, -0.1) is 0 Å². The zero-order valence-corrected chi connectivity index (χ0v) is 5.51. The molecule has 1 saturated carbocycles. The Balaban J connectivity index is 2.08. The first kappa shape index (κ1) is 6.99. The Labute approximate surface area is 55.2 Å². The molecule has 0 aromatic carbocycles. The third-order valence-corrected chi connectivity index (χ3v) is 2.02. The van der Waals surface area contributed by atoms with E-state index in [4.69, 9.17) is 5.84 Å². The number of nitrogens with two attached hydrogens (primary N) is 1. The molecule has 0 bridgehead atoms. The van der Waals surface area contributed by atoms with Crippen LogP contribution in [0.25, 0.3) is 0 Å². The minimum Gasteiger partial charge on any atom is -0.391 e.